The maximum Gasteiger partial charge on any atom is 0.179 e. The number of hydrogen-bond donors (Lipinski definition) is 1. The van der Waals surface area contributed by atoms with Crippen LogP contribution in [0, 0.1) is 0 Å². The molecule has 6 heavy (non-hydrogen) atoms. The Balaban J connectivity index is 2.68. The maximum absolute atomic E-state index is 3.84. The standard InChI is InChI=1S/C3H4N2S/c6-3-4-1-2-5-3/h1H,2H2,(H,5,6). The molecule has 0 saturated heterocycles. The Morgan fingerprint density at radius 2 is 2.67 bits per heavy atom. The Morgan fingerprint density at radius 1 is 1.83 bits per heavy atom. The van der Waals surface area contributed by atoms with Crippen LogP contribution in [0.15, 0.2) is 9.98 Å². The first kappa shape index (κ1) is 3.87. The van der Waals surface area contributed by atoms with Crippen LogP contribution in [0.1, 0.15) is 0 Å². The molecular formula is C3H4N2S. The van der Waals surface area contributed by atoms with Gasteiger partial charge in [-0.15, -0.1) is 12.6 Å². The van der Waals surface area contributed by atoms with E-state index in [0.29, 0.717) is 11.7 Å². The molecule has 0 aliphatic carbocycles. The van der Waals surface area contributed by atoms with Crippen molar-refractivity contribution in [2.45, 2.75) is 0 Å². The molecule has 1 heterocycles. The van der Waals surface area contributed by atoms with Gasteiger partial charge in [-0.25, -0.2) is 4.99 Å². The van der Waals surface area contributed by atoms with Gasteiger partial charge in [-0.05, 0) is 0 Å². The highest BCUT2D eigenvalue weighted by molar-refractivity contribution is 7.97. The van der Waals surface area contributed by atoms with E-state index in [1.165, 1.54) is 0 Å². The van der Waals surface area contributed by atoms with Crippen LogP contribution in [-0.2, 0) is 0 Å². The lowest BCUT2D eigenvalue weighted by molar-refractivity contribution is 1.38. The predicted molar refractivity (Wildman–Crippen MR) is 29.8 cm³/mol. The van der Waals surface area contributed by atoms with Crippen LogP contribution in [0.3, 0.4) is 0 Å². The summed E-state index contributed by atoms with van der Waals surface area (Å²) >= 11 is 3.84. The summed E-state index contributed by atoms with van der Waals surface area (Å²) in [5.41, 5.74) is 0. The molecule has 1 aliphatic rings. The molecule has 0 fully saturated rings. The number of aliphatic imine (C=N–C) groups is 2. The molecular weight excluding hydrogens is 96.1 g/mol. The normalized spacial score (nSPS) is 18.5. The van der Waals surface area contributed by atoms with Gasteiger partial charge in [-0.1, -0.05) is 0 Å². The SMILES string of the molecule is SC1=NCC=N1. The highest BCUT2D eigenvalue weighted by atomic mass is 32.1. The summed E-state index contributed by atoms with van der Waals surface area (Å²) in [5, 5.41) is 0.593. The Bertz CT molecular complexity index is 103. The van der Waals surface area contributed by atoms with Crippen LogP contribution in [0.2, 0.25) is 0 Å². The molecule has 0 N–H and O–H groups in total. The van der Waals surface area contributed by atoms with Gasteiger partial charge in [-0.3, -0.25) is 4.99 Å². The van der Waals surface area contributed by atoms with Crippen molar-refractivity contribution in [2.24, 2.45) is 9.98 Å². The lowest BCUT2D eigenvalue weighted by atomic mass is 10.8. The summed E-state index contributed by atoms with van der Waals surface area (Å²) in [6.45, 7) is 0.707. The van der Waals surface area contributed by atoms with Crippen molar-refractivity contribution in [1.82, 2.24) is 0 Å². The van der Waals surface area contributed by atoms with Crippen LogP contribution in [0.25, 0.3) is 0 Å². The van der Waals surface area contributed by atoms with Gasteiger partial charge in [0.1, 0.15) is 0 Å². The zero-order valence-electron chi connectivity index (χ0n) is 3.13. The molecule has 0 unspecified atom stereocenters. The third-order valence-electron chi connectivity index (χ3n) is 0.521. The highest BCUT2D eigenvalue weighted by Crippen LogP contribution is 1.90. The van der Waals surface area contributed by atoms with E-state index < -0.39 is 0 Å². The third-order valence-corrected chi connectivity index (χ3v) is 0.778. The van der Waals surface area contributed by atoms with E-state index in [2.05, 4.69) is 22.6 Å². The molecule has 0 atom stereocenters. The third kappa shape index (κ3) is 0.597. The summed E-state index contributed by atoms with van der Waals surface area (Å²) < 4.78 is 0. The second-order valence-electron chi connectivity index (χ2n) is 0.952. The molecule has 1 aliphatic heterocycles. The number of nitrogens with zero attached hydrogens (tertiary/aromatic N) is 2. The van der Waals surface area contributed by atoms with E-state index >= 15 is 0 Å². The van der Waals surface area contributed by atoms with Gasteiger partial charge in [0.05, 0.1) is 6.54 Å². The minimum absolute atomic E-state index is 0.593. The van der Waals surface area contributed by atoms with Gasteiger partial charge in [0.15, 0.2) is 5.17 Å². The second-order valence-corrected chi connectivity index (χ2v) is 1.35. The van der Waals surface area contributed by atoms with E-state index in [9.17, 15) is 0 Å². The van der Waals surface area contributed by atoms with Crippen LogP contribution < -0.4 is 0 Å². The molecule has 1 rings (SSSR count). The molecule has 0 aromatic rings. The average Bonchev–Trinajstić information content (AvgIpc) is 1.86. The summed E-state index contributed by atoms with van der Waals surface area (Å²) in [6.07, 6.45) is 1.72. The molecule has 0 radical (unpaired) electrons. The minimum Gasteiger partial charge on any atom is -0.255 e. The van der Waals surface area contributed by atoms with Gasteiger partial charge in [-0.2, -0.15) is 0 Å². The molecule has 2 nitrogen and oxygen atoms in total. The summed E-state index contributed by atoms with van der Waals surface area (Å²) in [5.74, 6) is 0. The zero-order chi connectivity index (χ0) is 4.41. The Labute approximate surface area is 41.4 Å². The molecule has 0 amide bonds. The van der Waals surface area contributed by atoms with E-state index in [-0.39, 0.29) is 0 Å². The Hall–Kier alpha value is -0.310. The molecule has 3 heteroatoms. The summed E-state index contributed by atoms with van der Waals surface area (Å²) in [4.78, 5) is 7.52. The first-order chi connectivity index (χ1) is 2.89. The van der Waals surface area contributed by atoms with E-state index in [1.807, 2.05) is 0 Å². The number of amidine groups is 1. The fraction of sp³-hybridized carbons (Fsp3) is 0.333. The lowest BCUT2D eigenvalue weighted by Gasteiger charge is -1.70. The predicted octanol–water partition coefficient (Wildman–Crippen LogP) is 0.357. The van der Waals surface area contributed by atoms with E-state index in [1.54, 1.807) is 6.21 Å². The average molecular weight is 100 g/mol. The van der Waals surface area contributed by atoms with Crippen LogP contribution >= 0.6 is 12.6 Å². The Morgan fingerprint density at radius 3 is 2.83 bits per heavy atom. The summed E-state index contributed by atoms with van der Waals surface area (Å²) in [6, 6.07) is 0. The smallest absolute Gasteiger partial charge is 0.179 e. The fourth-order valence-electron chi connectivity index (χ4n) is 0.286. The molecule has 0 spiro atoms. The maximum atomic E-state index is 3.84. The lowest BCUT2D eigenvalue weighted by Crippen LogP contribution is -1.68. The highest BCUT2D eigenvalue weighted by Gasteiger charge is 1.88. The monoisotopic (exact) mass is 100 g/mol. The molecule has 0 aromatic carbocycles. The number of thiol groups is 1. The van der Waals surface area contributed by atoms with E-state index in [4.69, 9.17) is 0 Å². The molecule has 32 valence electrons. The largest absolute Gasteiger partial charge is 0.255 e. The van der Waals surface area contributed by atoms with Crippen LogP contribution in [-0.4, -0.2) is 17.9 Å². The zero-order valence-corrected chi connectivity index (χ0v) is 4.02. The van der Waals surface area contributed by atoms with Crippen molar-refractivity contribution in [3.63, 3.8) is 0 Å². The van der Waals surface area contributed by atoms with Crippen LogP contribution in [0.4, 0.5) is 0 Å². The van der Waals surface area contributed by atoms with Gasteiger partial charge in [0.2, 0.25) is 0 Å². The van der Waals surface area contributed by atoms with Crippen molar-refractivity contribution in [3.8, 4) is 0 Å². The van der Waals surface area contributed by atoms with Gasteiger partial charge in [0.25, 0.3) is 0 Å². The molecule has 0 saturated carbocycles. The number of hydrogen-bond acceptors (Lipinski definition) is 2. The van der Waals surface area contributed by atoms with Gasteiger partial charge >= 0.3 is 0 Å². The van der Waals surface area contributed by atoms with Gasteiger partial charge in [0, 0.05) is 6.21 Å². The first-order valence-corrected chi connectivity index (χ1v) is 2.10. The minimum atomic E-state index is 0.593. The van der Waals surface area contributed by atoms with E-state index in [0.717, 1.165) is 0 Å². The van der Waals surface area contributed by atoms with Crippen molar-refractivity contribution < 1.29 is 0 Å². The molecule has 0 aromatic heterocycles. The van der Waals surface area contributed by atoms with Crippen LogP contribution in [0.5, 0.6) is 0 Å². The van der Waals surface area contributed by atoms with Crippen molar-refractivity contribution >= 4 is 24.0 Å². The first-order valence-electron chi connectivity index (χ1n) is 1.65. The number of rotatable bonds is 0. The second kappa shape index (κ2) is 1.43. The van der Waals surface area contributed by atoms with Crippen molar-refractivity contribution in [2.75, 3.05) is 6.54 Å². The molecule has 0 bridgehead atoms. The van der Waals surface area contributed by atoms with Crippen molar-refractivity contribution in [1.29, 1.82) is 0 Å². The Kier molecular flexibility index (Phi) is 0.919. The quantitative estimate of drug-likeness (QED) is 0.425. The summed E-state index contributed by atoms with van der Waals surface area (Å²) in [7, 11) is 0. The fourth-order valence-corrected chi connectivity index (χ4v) is 0.449. The van der Waals surface area contributed by atoms with Crippen molar-refractivity contribution in [3.05, 3.63) is 0 Å². The van der Waals surface area contributed by atoms with Gasteiger partial charge < -0.3 is 0 Å². The topological polar surface area (TPSA) is 24.7 Å².